The van der Waals surface area contributed by atoms with Crippen molar-refractivity contribution in [2.24, 2.45) is 17.8 Å². The minimum Gasteiger partial charge on any atom is -0.445 e. The lowest BCUT2D eigenvalue weighted by Crippen LogP contribution is -2.56. The number of anilines is 2. The van der Waals surface area contributed by atoms with Crippen molar-refractivity contribution in [3.05, 3.63) is 132 Å². The standard InChI is InChI=1S/C34H44N4O6.C21H23N3O3/c1-34(2,3)44-32(41)36-28(24-15-9-5-10-16-24)31(40)37-20-19-27-29(37)26(30(39)35-25-17-11-6-12-18-25)21-38(27)33(42)43-22-23-13-7-4-8-14-23;25-20(23-16-9-5-2-6-10-16)17-13-24(18-11-12-22-19(17)18)21(26)27-14-15-7-3-1-4-8-15/h4,6-8,11-14,17-18,24,26-29H,5,9-10,15-16,19-22H2,1-3H3,(H,35,39)(H,36,41);1-10,17-19,22H,11-14H2,(H,23,25)/t26-,27+,28-,29+;17-,18+,19+/m00/s1. The molecule has 1 saturated carbocycles. The fourth-order valence-corrected chi connectivity index (χ4v) is 10.8. The number of benzene rings is 4. The number of alkyl carbamates (subject to hydrolysis) is 1. The van der Waals surface area contributed by atoms with Crippen LogP contribution in [0.15, 0.2) is 121 Å². The Morgan fingerprint density at radius 2 is 1.10 bits per heavy atom. The molecule has 6 amide bonds. The molecule has 0 unspecified atom stereocenters. The average molecular weight is 970 g/mol. The summed E-state index contributed by atoms with van der Waals surface area (Å²) < 4.78 is 16.7. The van der Waals surface area contributed by atoms with Crippen molar-refractivity contribution >= 4 is 47.4 Å². The maximum atomic E-state index is 14.4. The third-order valence-corrected chi connectivity index (χ3v) is 14.1. The molecule has 4 N–H and O–H groups in total. The van der Waals surface area contributed by atoms with E-state index in [0.717, 1.165) is 61.9 Å². The topological polar surface area (TPSA) is 188 Å². The molecule has 9 rings (SSSR count). The molecule has 4 heterocycles. The number of hydrogen-bond donors (Lipinski definition) is 4. The molecule has 0 radical (unpaired) electrons. The molecule has 0 aromatic heterocycles. The van der Waals surface area contributed by atoms with E-state index >= 15 is 0 Å². The molecule has 0 bridgehead atoms. The molecule has 16 heteroatoms. The molecule has 1 aliphatic carbocycles. The summed E-state index contributed by atoms with van der Waals surface area (Å²) in [7, 11) is 0. The Hall–Kier alpha value is -6.94. The lowest BCUT2D eigenvalue weighted by Gasteiger charge is -2.36. The summed E-state index contributed by atoms with van der Waals surface area (Å²) in [5.41, 5.74) is 2.51. The molecule has 376 valence electrons. The average Bonchev–Trinajstić information content (AvgIpc) is 4.19. The summed E-state index contributed by atoms with van der Waals surface area (Å²) in [6, 6.07) is 35.8. The lowest BCUT2D eigenvalue weighted by atomic mass is 9.83. The normalized spacial score (nSPS) is 23.0. The molecule has 4 aromatic rings. The Bertz CT molecular complexity index is 2440. The highest BCUT2D eigenvalue weighted by molar-refractivity contribution is 5.96. The zero-order chi connectivity index (χ0) is 49.9. The number of likely N-dealkylation sites (tertiary alicyclic amines) is 3. The number of para-hydroxylation sites is 2. The number of nitrogens with one attached hydrogen (secondary N) is 4. The first kappa shape index (κ1) is 50.4. The fraction of sp³-hybridized carbons (Fsp3) is 0.455. The van der Waals surface area contributed by atoms with Gasteiger partial charge in [-0.1, -0.05) is 116 Å². The molecule has 5 aliphatic rings. The van der Waals surface area contributed by atoms with Gasteiger partial charge in [0.1, 0.15) is 24.9 Å². The van der Waals surface area contributed by atoms with Gasteiger partial charge in [-0.25, -0.2) is 14.4 Å². The molecule has 4 saturated heterocycles. The minimum atomic E-state index is -0.777. The van der Waals surface area contributed by atoms with E-state index in [1.54, 1.807) is 47.6 Å². The van der Waals surface area contributed by atoms with Crippen molar-refractivity contribution < 1.29 is 43.0 Å². The first-order valence-electron chi connectivity index (χ1n) is 25.0. The zero-order valence-electron chi connectivity index (χ0n) is 40.9. The first-order chi connectivity index (χ1) is 34.3. The van der Waals surface area contributed by atoms with Crippen molar-refractivity contribution in [1.29, 1.82) is 0 Å². The molecule has 4 aromatic carbocycles. The quantitative estimate of drug-likeness (QED) is 0.107. The Labute approximate surface area is 416 Å². The lowest BCUT2D eigenvalue weighted by molar-refractivity contribution is -0.137. The molecule has 16 nitrogen and oxygen atoms in total. The first-order valence-corrected chi connectivity index (χ1v) is 25.0. The maximum absolute atomic E-state index is 14.4. The number of fused-ring (bicyclic) bond motifs is 2. The SMILES string of the molecule is CC(C)(C)OC(=O)N[C@H](C(=O)N1CC[C@@H]2[C@H]1[C@@H](C(=O)Nc1ccccc1)CN2C(=O)OCc1ccccc1)C1CCCCC1.O=C(Nc1ccccc1)[C@H]1CN(C(=O)OCc2ccccc2)[C@@H]2CCN[C@H]12. The number of amides is 6. The van der Waals surface area contributed by atoms with Crippen LogP contribution >= 0.6 is 0 Å². The van der Waals surface area contributed by atoms with Crippen molar-refractivity contribution in [1.82, 2.24) is 25.3 Å². The summed E-state index contributed by atoms with van der Waals surface area (Å²) in [4.78, 5) is 84.9. The van der Waals surface area contributed by atoms with Crippen LogP contribution in [0.4, 0.5) is 25.8 Å². The van der Waals surface area contributed by atoms with Crippen LogP contribution in [0, 0.1) is 17.8 Å². The fourth-order valence-electron chi connectivity index (χ4n) is 10.8. The van der Waals surface area contributed by atoms with Gasteiger partial charge < -0.3 is 50.2 Å². The van der Waals surface area contributed by atoms with Gasteiger partial charge in [-0.3, -0.25) is 14.4 Å². The van der Waals surface area contributed by atoms with E-state index in [1.165, 1.54) is 0 Å². The van der Waals surface area contributed by atoms with Crippen LogP contribution in [-0.4, -0.2) is 113 Å². The number of rotatable bonds is 11. The van der Waals surface area contributed by atoms with E-state index in [2.05, 4.69) is 21.3 Å². The second-order valence-electron chi connectivity index (χ2n) is 20.0. The van der Waals surface area contributed by atoms with Gasteiger partial charge in [0, 0.05) is 37.1 Å². The Morgan fingerprint density at radius 1 is 0.606 bits per heavy atom. The van der Waals surface area contributed by atoms with Crippen LogP contribution in [-0.2, 0) is 41.8 Å². The van der Waals surface area contributed by atoms with Crippen molar-refractivity contribution in [3.63, 3.8) is 0 Å². The van der Waals surface area contributed by atoms with E-state index in [1.807, 2.05) is 109 Å². The van der Waals surface area contributed by atoms with Crippen LogP contribution in [0.3, 0.4) is 0 Å². The second kappa shape index (κ2) is 23.3. The molecule has 7 atom stereocenters. The van der Waals surface area contributed by atoms with E-state index in [-0.39, 0.29) is 73.5 Å². The molecule has 71 heavy (non-hydrogen) atoms. The van der Waals surface area contributed by atoms with Gasteiger partial charge >= 0.3 is 18.3 Å². The summed E-state index contributed by atoms with van der Waals surface area (Å²) in [5.74, 6) is -1.56. The highest BCUT2D eigenvalue weighted by atomic mass is 16.6. The monoisotopic (exact) mass is 970 g/mol. The Morgan fingerprint density at radius 3 is 1.63 bits per heavy atom. The molecular formula is C55H67N7O9. The van der Waals surface area contributed by atoms with Crippen molar-refractivity contribution in [2.75, 3.05) is 36.8 Å². The summed E-state index contributed by atoms with van der Waals surface area (Å²) in [6.45, 7) is 7.37. The Kier molecular flexibility index (Phi) is 16.6. The van der Waals surface area contributed by atoms with Crippen molar-refractivity contribution in [3.8, 4) is 0 Å². The third kappa shape index (κ3) is 12.9. The van der Waals surface area contributed by atoms with Gasteiger partial charge in [0.15, 0.2) is 0 Å². The van der Waals surface area contributed by atoms with Gasteiger partial charge in [0.25, 0.3) is 0 Å². The van der Waals surface area contributed by atoms with Crippen LogP contribution in [0.5, 0.6) is 0 Å². The second-order valence-corrected chi connectivity index (χ2v) is 20.0. The van der Waals surface area contributed by atoms with Crippen LogP contribution in [0.25, 0.3) is 0 Å². The summed E-state index contributed by atoms with van der Waals surface area (Å²) in [6.07, 6.45) is 4.56. The summed E-state index contributed by atoms with van der Waals surface area (Å²) in [5, 5.41) is 12.2. The smallest absolute Gasteiger partial charge is 0.410 e. The maximum Gasteiger partial charge on any atom is 0.410 e. The van der Waals surface area contributed by atoms with Crippen LogP contribution in [0.2, 0.25) is 0 Å². The van der Waals surface area contributed by atoms with Gasteiger partial charge in [0.05, 0.1) is 30.0 Å². The van der Waals surface area contributed by atoms with Gasteiger partial charge in [-0.2, -0.15) is 0 Å². The predicted octanol–water partition coefficient (Wildman–Crippen LogP) is 7.96. The summed E-state index contributed by atoms with van der Waals surface area (Å²) >= 11 is 0. The minimum absolute atomic E-state index is 0.000188. The van der Waals surface area contributed by atoms with Crippen LogP contribution in [0.1, 0.15) is 76.8 Å². The van der Waals surface area contributed by atoms with Gasteiger partial charge in [-0.05, 0) is 94.3 Å². The predicted molar refractivity (Wildman–Crippen MR) is 268 cm³/mol. The Balaban J connectivity index is 0.000000213. The van der Waals surface area contributed by atoms with E-state index < -0.39 is 35.8 Å². The molecule has 4 aliphatic heterocycles. The number of carbonyl (C=O) groups is 6. The van der Waals surface area contributed by atoms with Gasteiger partial charge in [-0.15, -0.1) is 0 Å². The molecule has 5 fully saturated rings. The highest BCUT2D eigenvalue weighted by Gasteiger charge is 2.56. The molecule has 0 spiro atoms. The molecular weight excluding hydrogens is 903 g/mol. The number of hydrogen-bond acceptors (Lipinski definition) is 10. The highest BCUT2D eigenvalue weighted by Crippen LogP contribution is 2.39. The van der Waals surface area contributed by atoms with Crippen LogP contribution < -0.4 is 21.3 Å². The third-order valence-electron chi connectivity index (χ3n) is 14.1. The number of ether oxygens (including phenoxy) is 3. The number of nitrogens with zero attached hydrogens (tertiary/aromatic N) is 3. The van der Waals surface area contributed by atoms with Crippen molar-refractivity contribution in [2.45, 2.75) is 115 Å². The van der Waals surface area contributed by atoms with E-state index in [0.29, 0.717) is 25.2 Å². The number of carbonyl (C=O) groups excluding carboxylic acids is 6. The van der Waals surface area contributed by atoms with Gasteiger partial charge in [0.2, 0.25) is 17.7 Å². The largest absolute Gasteiger partial charge is 0.445 e. The van der Waals surface area contributed by atoms with E-state index in [4.69, 9.17) is 14.2 Å². The van der Waals surface area contributed by atoms with E-state index in [9.17, 15) is 28.8 Å². The zero-order valence-corrected chi connectivity index (χ0v) is 40.9.